The van der Waals surface area contributed by atoms with Gasteiger partial charge in [0.15, 0.2) is 5.75 Å². The molecule has 0 amide bonds. The Morgan fingerprint density at radius 3 is 3.00 bits per heavy atom. The molecule has 94 valence electrons. The van der Waals surface area contributed by atoms with Crippen LogP contribution in [0, 0.1) is 0 Å². The first-order valence-electron chi connectivity index (χ1n) is 6.05. The molecular weight excluding hydrogens is 230 g/mol. The Hall–Kier alpha value is -2.04. The summed E-state index contributed by atoms with van der Waals surface area (Å²) in [7, 11) is 0. The Morgan fingerprint density at radius 1 is 1.50 bits per heavy atom. The lowest BCUT2D eigenvalue weighted by atomic mass is 9.96. The summed E-state index contributed by atoms with van der Waals surface area (Å²) in [5.41, 5.74) is 8.43. The van der Waals surface area contributed by atoms with Crippen molar-refractivity contribution in [1.29, 1.82) is 0 Å². The molecule has 1 aliphatic heterocycles. The smallest absolute Gasteiger partial charge is 0.271 e. The van der Waals surface area contributed by atoms with Gasteiger partial charge in [0.25, 0.3) is 5.56 Å². The molecule has 0 unspecified atom stereocenters. The molecule has 0 saturated carbocycles. The van der Waals surface area contributed by atoms with Gasteiger partial charge in [-0.3, -0.25) is 9.78 Å². The number of nitrogens with zero attached hydrogens (tertiary/aromatic N) is 1. The maximum atomic E-state index is 11.8. The normalized spacial score (nSPS) is 13.9. The standard InChI is InChI=1S/C13H15N3O2/c1-6(2)9-10-8(16-13(17)11(9)14)5-15-7-3-4-18-12(7)10/h5-6H,3-4,14H2,1-2H3,(H,16,17). The number of nitrogen functional groups attached to an aromatic ring is 1. The van der Waals surface area contributed by atoms with Crippen molar-refractivity contribution < 1.29 is 4.74 Å². The van der Waals surface area contributed by atoms with Crippen LogP contribution in [0.4, 0.5) is 5.69 Å². The molecule has 0 fully saturated rings. The van der Waals surface area contributed by atoms with Gasteiger partial charge in [0.1, 0.15) is 5.69 Å². The molecule has 0 aliphatic carbocycles. The topological polar surface area (TPSA) is 81.0 Å². The zero-order chi connectivity index (χ0) is 12.9. The fourth-order valence-corrected chi connectivity index (χ4v) is 2.52. The average molecular weight is 245 g/mol. The van der Waals surface area contributed by atoms with Crippen LogP contribution in [0.2, 0.25) is 0 Å². The molecule has 0 spiro atoms. The first kappa shape index (κ1) is 11.1. The highest BCUT2D eigenvalue weighted by Crippen LogP contribution is 2.37. The van der Waals surface area contributed by atoms with Gasteiger partial charge in [-0.1, -0.05) is 13.8 Å². The molecule has 3 heterocycles. The molecule has 0 aromatic carbocycles. The molecule has 0 atom stereocenters. The van der Waals surface area contributed by atoms with Gasteiger partial charge in [-0.15, -0.1) is 0 Å². The Morgan fingerprint density at radius 2 is 2.28 bits per heavy atom. The fourth-order valence-electron chi connectivity index (χ4n) is 2.52. The van der Waals surface area contributed by atoms with E-state index in [0.717, 1.165) is 28.8 Å². The molecule has 3 rings (SSSR count). The number of rotatable bonds is 1. The first-order chi connectivity index (χ1) is 8.59. The number of H-pyrrole nitrogens is 1. The van der Waals surface area contributed by atoms with E-state index in [-0.39, 0.29) is 17.2 Å². The summed E-state index contributed by atoms with van der Waals surface area (Å²) in [6.07, 6.45) is 2.50. The quantitative estimate of drug-likeness (QED) is 0.799. The van der Waals surface area contributed by atoms with Crippen molar-refractivity contribution in [3.8, 4) is 5.75 Å². The van der Waals surface area contributed by atoms with E-state index in [9.17, 15) is 4.79 Å². The lowest BCUT2D eigenvalue weighted by Crippen LogP contribution is -2.16. The number of aromatic amines is 1. The van der Waals surface area contributed by atoms with Crippen LogP contribution in [0.5, 0.6) is 5.75 Å². The molecule has 2 aromatic rings. The summed E-state index contributed by atoms with van der Waals surface area (Å²) in [5.74, 6) is 0.935. The minimum atomic E-state index is -0.258. The van der Waals surface area contributed by atoms with Gasteiger partial charge in [-0.2, -0.15) is 0 Å². The van der Waals surface area contributed by atoms with Gasteiger partial charge in [0.2, 0.25) is 0 Å². The van der Waals surface area contributed by atoms with Crippen LogP contribution >= 0.6 is 0 Å². The summed E-state index contributed by atoms with van der Waals surface area (Å²) in [5, 5.41) is 0.907. The first-order valence-corrected chi connectivity index (χ1v) is 6.05. The monoisotopic (exact) mass is 245 g/mol. The Labute approximate surface area is 104 Å². The van der Waals surface area contributed by atoms with Crippen molar-refractivity contribution in [2.75, 3.05) is 12.3 Å². The summed E-state index contributed by atoms with van der Waals surface area (Å²) in [6.45, 7) is 4.68. The number of nitrogens with one attached hydrogen (secondary N) is 1. The number of pyridine rings is 2. The van der Waals surface area contributed by atoms with Gasteiger partial charge < -0.3 is 15.5 Å². The highest BCUT2D eigenvalue weighted by molar-refractivity contribution is 5.92. The highest BCUT2D eigenvalue weighted by atomic mass is 16.5. The maximum Gasteiger partial charge on any atom is 0.271 e. The molecule has 0 radical (unpaired) electrons. The van der Waals surface area contributed by atoms with E-state index in [4.69, 9.17) is 10.5 Å². The van der Waals surface area contributed by atoms with Crippen LogP contribution in [-0.4, -0.2) is 16.6 Å². The molecule has 2 aromatic heterocycles. The number of aromatic nitrogens is 2. The molecule has 0 saturated heterocycles. The lowest BCUT2D eigenvalue weighted by molar-refractivity contribution is 0.360. The predicted molar refractivity (Wildman–Crippen MR) is 70.1 cm³/mol. The Bertz CT molecular complexity index is 689. The van der Waals surface area contributed by atoms with E-state index in [1.165, 1.54) is 0 Å². The van der Waals surface area contributed by atoms with Crippen LogP contribution in [0.3, 0.4) is 0 Å². The SMILES string of the molecule is CC(C)c1c(N)c(=O)[nH]c2cnc3c(c12)OCC3. The van der Waals surface area contributed by atoms with Gasteiger partial charge in [0.05, 0.1) is 24.0 Å². The van der Waals surface area contributed by atoms with E-state index >= 15 is 0 Å². The van der Waals surface area contributed by atoms with Crippen molar-refractivity contribution in [3.63, 3.8) is 0 Å². The Kier molecular flexibility index (Phi) is 2.29. The number of hydrogen-bond acceptors (Lipinski definition) is 4. The van der Waals surface area contributed by atoms with Crippen molar-refractivity contribution in [3.05, 3.63) is 27.8 Å². The molecule has 5 heteroatoms. The third kappa shape index (κ3) is 1.40. The van der Waals surface area contributed by atoms with E-state index in [2.05, 4.69) is 9.97 Å². The van der Waals surface area contributed by atoms with Crippen molar-refractivity contribution >= 4 is 16.6 Å². The summed E-state index contributed by atoms with van der Waals surface area (Å²) in [4.78, 5) is 18.9. The third-order valence-electron chi connectivity index (χ3n) is 3.32. The molecular formula is C13H15N3O2. The van der Waals surface area contributed by atoms with Crippen molar-refractivity contribution in [2.24, 2.45) is 0 Å². The number of hydrogen-bond donors (Lipinski definition) is 2. The average Bonchev–Trinajstić information content (AvgIpc) is 2.78. The molecule has 1 aliphatic rings. The zero-order valence-electron chi connectivity index (χ0n) is 10.4. The largest absolute Gasteiger partial charge is 0.491 e. The lowest BCUT2D eigenvalue weighted by Gasteiger charge is -2.14. The number of ether oxygens (including phenoxy) is 1. The van der Waals surface area contributed by atoms with Gasteiger partial charge in [0, 0.05) is 11.8 Å². The maximum absolute atomic E-state index is 11.8. The van der Waals surface area contributed by atoms with Gasteiger partial charge in [-0.05, 0) is 11.5 Å². The number of anilines is 1. The highest BCUT2D eigenvalue weighted by Gasteiger charge is 2.23. The van der Waals surface area contributed by atoms with E-state index < -0.39 is 0 Å². The summed E-state index contributed by atoms with van der Waals surface area (Å²) >= 11 is 0. The third-order valence-corrected chi connectivity index (χ3v) is 3.32. The van der Waals surface area contributed by atoms with Crippen molar-refractivity contribution in [1.82, 2.24) is 9.97 Å². The second kappa shape index (κ2) is 3.73. The summed E-state index contributed by atoms with van der Waals surface area (Å²) in [6, 6.07) is 0. The van der Waals surface area contributed by atoms with E-state index in [1.807, 2.05) is 13.8 Å². The van der Waals surface area contributed by atoms with Crippen molar-refractivity contribution in [2.45, 2.75) is 26.2 Å². The minimum absolute atomic E-state index is 0.158. The zero-order valence-corrected chi connectivity index (χ0v) is 10.4. The van der Waals surface area contributed by atoms with E-state index in [1.54, 1.807) is 6.20 Å². The predicted octanol–water partition coefficient (Wildman–Crippen LogP) is 1.56. The molecule has 3 N–H and O–H groups in total. The minimum Gasteiger partial charge on any atom is -0.491 e. The van der Waals surface area contributed by atoms with Gasteiger partial charge in [-0.25, -0.2) is 0 Å². The Balaban J connectivity index is 2.51. The van der Waals surface area contributed by atoms with Crippen LogP contribution < -0.4 is 16.0 Å². The fraction of sp³-hybridized carbons (Fsp3) is 0.385. The molecule has 18 heavy (non-hydrogen) atoms. The number of nitrogens with two attached hydrogens (primary N) is 1. The second-order valence-electron chi connectivity index (χ2n) is 4.86. The second-order valence-corrected chi connectivity index (χ2v) is 4.86. The molecule has 0 bridgehead atoms. The van der Waals surface area contributed by atoms with Crippen LogP contribution in [-0.2, 0) is 6.42 Å². The van der Waals surface area contributed by atoms with E-state index in [0.29, 0.717) is 12.1 Å². The molecule has 5 nitrogen and oxygen atoms in total. The number of fused-ring (bicyclic) bond motifs is 3. The summed E-state index contributed by atoms with van der Waals surface area (Å²) < 4.78 is 5.66. The van der Waals surface area contributed by atoms with Crippen LogP contribution in [0.25, 0.3) is 10.9 Å². The van der Waals surface area contributed by atoms with Crippen LogP contribution in [0.15, 0.2) is 11.0 Å². The van der Waals surface area contributed by atoms with Crippen LogP contribution in [0.1, 0.15) is 31.0 Å². The van der Waals surface area contributed by atoms with Gasteiger partial charge >= 0.3 is 0 Å².